The van der Waals surface area contributed by atoms with E-state index < -0.39 is 166 Å². The van der Waals surface area contributed by atoms with Crippen molar-refractivity contribution < 1.29 is 27.4 Å². The number of thiophene rings is 1. The third kappa shape index (κ3) is 7.05. The van der Waals surface area contributed by atoms with Gasteiger partial charge < -0.3 is 9.13 Å². The standard InChI is InChI=1S/C66H40N8S/c1-5-20-41(21-6-1)61-67-62(42-22-7-2-8-23-42)70-65(69-61)45-36-38-54(51(40-45)66-71-63(43-24-9-3-10-25-43)68-64(72-66)44-26-11-4-12-27-44)74-52-32-16-13-28-46(52)48-37-39-55-58(59(48)74)50-30-14-17-33-53(50)73(55)56-34-19-31-49-47-29-15-18-35-57(47)75-60(49)56/h1-40H/i1D,2D,3D,4D,5D,6D,7D,8D,9D,10D,11D,12D,20D,21D,22D,23D,24D,25D,26D,27D. The van der Waals surface area contributed by atoms with Gasteiger partial charge in [0.15, 0.2) is 34.9 Å². The second kappa shape index (κ2) is 17.4. The van der Waals surface area contributed by atoms with Crippen LogP contribution in [-0.2, 0) is 0 Å². The minimum Gasteiger partial charge on any atom is -0.308 e. The third-order valence-electron chi connectivity index (χ3n) is 13.0. The molecule has 5 heterocycles. The second-order valence-corrected chi connectivity index (χ2v) is 18.2. The number of benzene rings is 10. The molecule has 75 heavy (non-hydrogen) atoms. The van der Waals surface area contributed by atoms with Gasteiger partial charge in [0.1, 0.15) is 0 Å². The maximum Gasteiger partial charge on any atom is 0.166 e. The van der Waals surface area contributed by atoms with E-state index in [1.54, 1.807) is 23.5 Å². The van der Waals surface area contributed by atoms with Gasteiger partial charge in [-0.2, -0.15) is 0 Å². The molecule has 0 N–H and O–H groups in total. The molecule has 0 aliphatic rings. The van der Waals surface area contributed by atoms with E-state index in [9.17, 15) is 5.48 Å². The quantitative estimate of drug-likeness (QED) is 0.151. The van der Waals surface area contributed by atoms with E-state index >= 15 is 0 Å². The molecule has 0 saturated heterocycles. The monoisotopic (exact) mass is 996 g/mol. The smallest absolute Gasteiger partial charge is 0.166 e. The molecule has 10 aromatic carbocycles. The molecule has 5 aromatic heterocycles. The Kier molecular flexibility index (Phi) is 6.30. The van der Waals surface area contributed by atoms with Crippen LogP contribution in [0.3, 0.4) is 0 Å². The lowest BCUT2D eigenvalue weighted by Gasteiger charge is -2.17. The van der Waals surface area contributed by atoms with E-state index in [-0.39, 0.29) is 28.5 Å². The van der Waals surface area contributed by atoms with Crippen molar-refractivity contribution in [3.8, 4) is 79.7 Å². The zero-order chi connectivity index (χ0) is 66.8. The predicted octanol–water partition coefficient (Wildman–Crippen LogP) is 16.6. The van der Waals surface area contributed by atoms with E-state index in [1.807, 2.05) is 77.4 Å². The lowest BCUT2D eigenvalue weighted by molar-refractivity contribution is 1.06. The van der Waals surface area contributed by atoms with Crippen molar-refractivity contribution in [2.75, 3.05) is 0 Å². The van der Waals surface area contributed by atoms with E-state index in [2.05, 4.69) is 44.9 Å². The largest absolute Gasteiger partial charge is 0.308 e. The normalized spacial score (nSPS) is 15.5. The highest BCUT2D eigenvalue weighted by atomic mass is 32.1. The molecule has 0 unspecified atom stereocenters. The van der Waals surface area contributed by atoms with Gasteiger partial charge in [-0.25, -0.2) is 29.9 Å². The number of nitrogens with zero attached hydrogens (tertiary/aromatic N) is 8. The van der Waals surface area contributed by atoms with Crippen molar-refractivity contribution in [3.05, 3.63) is 242 Å². The fourth-order valence-corrected chi connectivity index (χ4v) is 11.1. The molecule has 0 amide bonds. The Morgan fingerprint density at radius 1 is 0.333 bits per heavy atom. The molecule has 0 aliphatic carbocycles. The summed E-state index contributed by atoms with van der Waals surface area (Å²) in [5.74, 6) is -3.06. The summed E-state index contributed by atoms with van der Waals surface area (Å²) in [5, 5.41) is 5.32. The van der Waals surface area contributed by atoms with Gasteiger partial charge in [0.05, 0.1) is 65.6 Å². The van der Waals surface area contributed by atoms with Crippen molar-refractivity contribution in [1.82, 2.24) is 39.0 Å². The highest BCUT2D eigenvalue weighted by molar-refractivity contribution is 7.26. The van der Waals surface area contributed by atoms with Gasteiger partial charge >= 0.3 is 0 Å². The highest BCUT2D eigenvalue weighted by Gasteiger charge is 2.26. The van der Waals surface area contributed by atoms with Gasteiger partial charge in [-0.3, -0.25) is 0 Å². The molecule has 15 aromatic rings. The van der Waals surface area contributed by atoms with Crippen LogP contribution in [0.2, 0.25) is 0 Å². The third-order valence-corrected chi connectivity index (χ3v) is 14.2. The molecule has 15 rings (SSSR count). The van der Waals surface area contributed by atoms with Crippen molar-refractivity contribution in [2.45, 2.75) is 0 Å². The van der Waals surface area contributed by atoms with Crippen molar-refractivity contribution in [2.24, 2.45) is 0 Å². The molecule has 0 radical (unpaired) electrons. The molecular weight excluding hydrogens is 937 g/mol. The number of fused-ring (bicyclic) bond motifs is 10. The zero-order valence-electron chi connectivity index (χ0n) is 58.5. The van der Waals surface area contributed by atoms with Gasteiger partial charge in [0.2, 0.25) is 0 Å². The summed E-state index contributed by atoms with van der Waals surface area (Å²) < 4.78 is 183. The van der Waals surface area contributed by atoms with Crippen LogP contribution in [-0.4, -0.2) is 39.0 Å². The summed E-state index contributed by atoms with van der Waals surface area (Å²) in [4.78, 5) is 28.4. The fourth-order valence-electron chi connectivity index (χ4n) is 9.87. The van der Waals surface area contributed by atoms with Crippen LogP contribution in [0.15, 0.2) is 242 Å². The summed E-state index contributed by atoms with van der Waals surface area (Å²) in [7, 11) is 0. The first-order chi connectivity index (χ1) is 45.5. The molecule has 350 valence electrons. The molecule has 0 atom stereocenters. The summed E-state index contributed by atoms with van der Waals surface area (Å²) >= 11 is 1.67. The fraction of sp³-hybridized carbons (Fsp3) is 0. The Labute approximate surface area is 462 Å². The SMILES string of the molecule is [2H]c1c([2H])c([2H])c(-c2nc(-c3ccc(-n4c5ccccc5c5ccc6c(c7ccccc7n6-c6cccc7c6sc6ccccc67)c54)c(-c4nc(-c5c([2H])c([2H])c([2H])c([2H])c5[2H])nc(-c5c([2H])c([2H])c([2H])c([2H])c5[2H])n4)c3)nc(-c3c([2H])c([2H])c([2H])c([2H])c3[2H])n2)c([2H])c1[2H]. The van der Waals surface area contributed by atoms with E-state index in [0.717, 1.165) is 58.4 Å². The number of para-hydroxylation sites is 2. The molecule has 0 spiro atoms. The molecule has 9 heteroatoms. The van der Waals surface area contributed by atoms with Gasteiger partial charge in [-0.05, 0) is 48.5 Å². The molecular formula is C66H40N8S. The van der Waals surface area contributed by atoms with Gasteiger partial charge in [-0.15, -0.1) is 11.3 Å². The van der Waals surface area contributed by atoms with Crippen molar-refractivity contribution in [1.29, 1.82) is 0 Å². The zero-order valence-corrected chi connectivity index (χ0v) is 39.3. The first-order valence-corrected chi connectivity index (χ1v) is 24.1. The van der Waals surface area contributed by atoms with E-state index in [0.29, 0.717) is 11.0 Å². The van der Waals surface area contributed by atoms with Crippen LogP contribution >= 0.6 is 11.3 Å². The summed E-state index contributed by atoms with van der Waals surface area (Å²) in [6, 6.07) is 23.6. The van der Waals surface area contributed by atoms with Crippen molar-refractivity contribution >= 4 is 75.1 Å². The Balaban J connectivity index is 1.11. The van der Waals surface area contributed by atoms with Crippen molar-refractivity contribution in [3.63, 3.8) is 0 Å². The van der Waals surface area contributed by atoms with E-state index in [4.69, 9.17) is 41.9 Å². The van der Waals surface area contributed by atoms with Crippen LogP contribution in [0.5, 0.6) is 0 Å². The lowest BCUT2D eigenvalue weighted by atomic mass is 10.0. The number of hydrogen-bond donors (Lipinski definition) is 0. The molecule has 0 bridgehead atoms. The lowest BCUT2D eigenvalue weighted by Crippen LogP contribution is -2.05. The minimum atomic E-state index is -0.772. The Hall–Kier alpha value is -9.96. The van der Waals surface area contributed by atoms with Crippen LogP contribution < -0.4 is 0 Å². The molecule has 0 saturated carbocycles. The summed E-state index contributed by atoms with van der Waals surface area (Å²) in [5.41, 5.74) is 1.89. The molecule has 8 nitrogen and oxygen atoms in total. The summed E-state index contributed by atoms with van der Waals surface area (Å²) in [6.07, 6.45) is 0. The minimum absolute atomic E-state index is 0.0125. The Morgan fingerprint density at radius 2 is 0.813 bits per heavy atom. The Morgan fingerprint density at radius 3 is 1.40 bits per heavy atom. The van der Waals surface area contributed by atoms with Gasteiger partial charge in [0.25, 0.3) is 0 Å². The van der Waals surface area contributed by atoms with Crippen LogP contribution in [0.4, 0.5) is 0 Å². The van der Waals surface area contributed by atoms with Crippen LogP contribution in [0, 0.1) is 0 Å². The first kappa shape index (κ1) is 27.2. The average Bonchev–Trinajstić information content (AvgIpc) is 1.55. The first-order valence-electron chi connectivity index (χ1n) is 33.3. The predicted molar refractivity (Wildman–Crippen MR) is 307 cm³/mol. The maximum atomic E-state index is 9.20. The summed E-state index contributed by atoms with van der Waals surface area (Å²) in [6.45, 7) is 0. The van der Waals surface area contributed by atoms with E-state index in [1.165, 1.54) is 6.07 Å². The topological polar surface area (TPSA) is 87.2 Å². The number of hydrogen-bond acceptors (Lipinski definition) is 7. The number of aromatic nitrogens is 8. The van der Waals surface area contributed by atoms with Crippen LogP contribution in [0.1, 0.15) is 27.4 Å². The molecule has 0 aliphatic heterocycles. The average molecular weight is 997 g/mol. The van der Waals surface area contributed by atoms with Gasteiger partial charge in [0, 0.05) is 70.4 Å². The van der Waals surface area contributed by atoms with Gasteiger partial charge in [-0.1, -0.05) is 194 Å². The Bertz CT molecular complexity index is 5680. The second-order valence-electron chi connectivity index (χ2n) is 17.2. The highest BCUT2D eigenvalue weighted by Crippen LogP contribution is 2.46. The maximum absolute atomic E-state index is 9.20. The van der Waals surface area contributed by atoms with Crippen LogP contribution in [0.25, 0.3) is 143 Å². The number of rotatable bonds is 8. The molecule has 0 fully saturated rings.